The first-order chi connectivity index (χ1) is 22.0. The SMILES string of the molecule is CCc1c(CC(=O)N(CCN(CC)CC)Cc2ccc(-c3ccc(C(F)(F)F)cc3)nc2)nc(SCc2ccc(F)cc2)[nH]c1=O. The van der Waals surface area contributed by atoms with Gasteiger partial charge in [-0.1, -0.05) is 62.9 Å². The smallest absolute Gasteiger partial charge is 0.337 e. The van der Waals surface area contributed by atoms with Crippen LogP contribution in [-0.2, 0) is 36.1 Å². The van der Waals surface area contributed by atoms with Crippen molar-refractivity contribution in [2.45, 2.75) is 57.2 Å². The summed E-state index contributed by atoms with van der Waals surface area (Å²) >= 11 is 1.30. The first kappa shape index (κ1) is 34.8. The minimum absolute atomic E-state index is 0.0630. The molecule has 1 amide bonds. The van der Waals surface area contributed by atoms with Crippen molar-refractivity contribution in [1.82, 2.24) is 24.8 Å². The van der Waals surface area contributed by atoms with Crippen LogP contribution in [0.25, 0.3) is 11.3 Å². The van der Waals surface area contributed by atoms with Gasteiger partial charge >= 0.3 is 6.18 Å². The lowest BCUT2D eigenvalue weighted by atomic mass is 10.1. The summed E-state index contributed by atoms with van der Waals surface area (Å²) in [6.45, 7) is 8.95. The number of amides is 1. The number of carbonyl (C=O) groups excluding carboxylic acids is 1. The molecule has 0 spiro atoms. The molecule has 0 saturated carbocycles. The highest BCUT2D eigenvalue weighted by atomic mass is 32.2. The second-order valence-corrected chi connectivity index (χ2v) is 11.7. The molecule has 0 aliphatic heterocycles. The molecule has 2 heterocycles. The Morgan fingerprint density at radius 3 is 2.17 bits per heavy atom. The molecule has 7 nitrogen and oxygen atoms in total. The number of nitrogens with one attached hydrogen (secondary N) is 1. The van der Waals surface area contributed by atoms with Crippen LogP contribution in [0.15, 0.2) is 76.8 Å². The molecule has 4 rings (SSSR count). The third-order valence-electron chi connectivity index (χ3n) is 7.68. The molecule has 0 radical (unpaired) electrons. The quantitative estimate of drug-likeness (QED) is 0.0919. The lowest BCUT2D eigenvalue weighted by Gasteiger charge is -2.27. The maximum atomic E-state index is 13.8. The number of hydrogen-bond donors (Lipinski definition) is 1. The van der Waals surface area contributed by atoms with Crippen LogP contribution >= 0.6 is 11.8 Å². The summed E-state index contributed by atoms with van der Waals surface area (Å²) in [5.41, 5.74) is 2.54. The monoisotopic (exact) mass is 655 g/mol. The van der Waals surface area contributed by atoms with Crippen LogP contribution in [0.2, 0.25) is 0 Å². The number of H-pyrrole nitrogens is 1. The Bertz CT molecular complexity index is 1640. The van der Waals surface area contributed by atoms with Crippen molar-refractivity contribution in [1.29, 1.82) is 0 Å². The number of thioether (sulfide) groups is 1. The zero-order valence-electron chi connectivity index (χ0n) is 26.0. The Morgan fingerprint density at radius 1 is 0.913 bits per heavy atom. The normalized spacial score (nSPS) is 11.7. The number of alkyl halides is 3. The number of rotatable bonds is 14. The Morgan fingerprint density at radius 2 is 1.59 bits per heavy atom. The van der Waals surface area contributed by atoms with Crippen LogP contribution in [0.1, 0.15) is 48.7 Å². The summed E-state index contributed by atoms with van der Waals surface area (Å²) in [5.74, 6) is -0.0564. The molecule has 2 aromatic carbocycles. The van der Waals surface area contributed by atoms with E-state index in [0.717, 1.165) is 36.3 Å². The molecule has 0 aliphatic rings. The molecule has 2 aromatic heterocycles. The molecule has 0 fully saturated rings. The molecule has 0 atom stereocenters. The van der Waals surface area contributed by atoms with Crippen LogP contribution in [0, 0.1) is 5.82 Å². The van der Waals surface area contributed by atoms with Gasteiger partial charge in [-0.3, -0.25) is 14.6 Å². The highest BCUT2D eigenvalue weighted by Crippen LogP contribution is 2.30. The van der Waals surface area contributed by atoms with Gasteiger partial charge in [-0.15, -0.1) is 0 Å². The van der Waals surface area contributed by atoms with Crippen molar-refractivity contribution in [2.75, 3.05) is 26.2 Å². The number of benzene rings is 2. The summed E-state index contributed by atoms with van der Waals surface area (Å²) < 4.78 is 52.2. The zero-order valence-corrected chi connectivity index (χ0v) is 26.8. The number of pyridine rings is 1. The van der Waals surface area contributed by atoms with Gasteiger partial charge in [0.05, 0.1) is 23.4 Å². The van der Waals surface area contributed by atoms with Crippen LogP contribution in [0.3, 0.4) is 0 Å². The topological polar surface area (TPSA) is 82.2 Å². The van der Waals surface area contributed by atoms with Gasteiger partial charge in [-0.2, -0.15) is 13.2 Å². The number of hydrogen-bond acceptors (Lipinski definition) is 6. The van der Waals surface area contributed by atoms with Gasteiger partial charge in [0.15, 0.2) is 5.16 Å². The molecule has 46 heavy (non-hydrogen) atoms. The standard InChI is InChI=1S/C34H37F4N5O2S/c1-4-28-30(40-33(41-32(28)45)46-22-23-7-14-27(35)15-8-23)19-31(44)43(18-17-42(5-2)6-3)21-24-9-16-29(39-20-24)25-10-12-26(13-11-25)34(36,37)38/h7-16,20H,4-6,17-19,21-22H2,1-3H3,(H,40,41,45). The number of nitrogens with zero attached hydrogens (tertiary/aromatic N) is 4. The Hall–Kier alpha value is -4.03. The average Bonchev–Trinajstić information content (AvgIpc) is 3.04. The molecular weight excluding hydrogens is 618 g/mol. The molecule has 4 aromatic rings. The van der Waals surface area contributed by atoms with Crippen LogP contribution < -0.4 is 5.56 Å². The van der Waals surface area contributed by atoms with Gasteiger partial charge in [0.2, 0.25) is 5.91 Å². The van der Waals surface area contributed by atoms with E-state index in [0.29, 0.717) is 52.9 Å². The molecular formula is C34H37F4N5O2S. The Balaban J connectivity index is 1.52. The molecule has 1 N–H and O–H groups in total. The second-order valence-electron chi connectivity index (χ2n) is 10.7. The van der Waals surface area contributed by atoms with E-state index < -0.39 is 11.7 Å². The van der Waals surface area contributed by atoms with E-state index in [4.69, 9.17) is 0 Å². The molecule has 244 valence electrons. The van der Waals surface area contributed by atoms with E-state index in [1.165, 1.54) is 36.0 Å². The molecule has 12 heteroatoms. The largest absolute Gasteiger partial charge is 0.416 e. The van der Waals surface area contributed by atoms with Gasteiger partial charge in [0, 0.05) is 42.7 Å². The summed E-state index contributed by atoms with van der Waals surface area (Å²) in [5, 5.41) is 0.382. The zero-order chi connectivity index (χ0) is 33.3. The summed E-state index contributed by atoms with van der Waals surface area (Å²) in [7, 11) is 0. The maximum absolute atomic E-state index is 13.8. The minimum Gasteiger partial charge on any atom is -0.337 e. The van der Waals surface area contributed by atoms with Crippen molar-refractivity contribution >= 4 is 17.7 Å². The first-order valence-corrected chi connectivity index (χ1v) is 16.1. The fraction of sp³-hybridized carbons (Fsp3) is 0.353. The fourth-order valence-electron chi connectivity index (χ4n) is 4.92. The lowest BCUT2D eigenvalue weighted by Crippen LogP contribution is -2.39. The second kappa shape index (κ2) is 16.0. The number of likely N-dealkylation sites (N-methyl/N-ethyl adjacent to an activating group) is 1. The van der Waals surface area contributed by atoms with Crippen molar-refractivity contribution in [3.05, 3.63) is 111 Å². The lowest BCUT2D eigenvalue weighted by molar-refractivity contribution is -0.137. The highest BCUT2D eigenvalue weighted by molar-refractivity contribution is 7.98. The van der Waals surface area contributed by atoms with Crippen molar-refractivity contribution in [3.8, 4) is 11.3 Å². The van der Waals surface area contributed by atoms with E-state index in [-0.39, 0.29) is 30.2 Å². The number of carbonyl (C=O) groups is 1. The maximum Gasteiger partial charge on any atom is 0.416 e. The van der Waals surface area contributed by atoms with Crippen LogP contribution in [-0.4, -0.2) is 56.8 Å². The Kier molecular flexibility index (Phi) is 12.1. The average molecular weight is 656 g/mol. The number of halogens is 4. The number of aromatic amines is 1. The van der Waals surface area contributed by atoms with Gasteiger partial charge in [-0.25, -0.2) is 9.37 Å². The van der Waals surface area contributed by atoms with Crippen molar-refractivity contribution in [3.63, 3.8) is 0 Å². The Labute approximate surface area is 270 Å². The predicted molar refractivity (Wildman–Crippen MR) is 172 cm³/mol. The van der Waals surface area contributed by atoms with Gasteiger partial charge < -0.3 is 14.8 Å². The summed E-state index contributed by atoms with van der Waals surface area (Å²) in [6, 6.07) is 14.5. The summed E-state index contributed by atoms with van der Waals surface area (Å²) in [4.78, 5) is 42.6. The fourth-order valence-corrected chi connectivity index (χ4v) is 5.76. The van der Waals surface area contributed by atoms with Gasteiger partial charge in [0.25, 0.3) is 5.56 Å². The van der Waals surface area contributed by atoms with Gasteiger partial charge in [0.1, 0.15) is 5.82 Å². The third-order valence-corrected chi connectivity index (χ3v) is 8.62. The first-order valence-electron chi connectivity index (χ1n) is 15.1. The van der Waals surface area contributed by atoms with E-state index in [9.17, 15) is 27.2 Å². The molecule has 0 aliphatic carbocycles. The molecule has 0 unspecified atom stereocenters. The van der Waals surface area contributed by atoms with E-state index in [2.05, 4.69) is 33.7 Å². The molecule has 0 bridgehead atoms. The van der Waals surface area contributed by atoms with Gasteiger partial charge in [-0.05, 0) is 61.0 Å². The highest BCUT2D eigenvalue weighted by Gasteiger charge is 2.30. The predicted octanol–water partition coefficient (Wildman–Crippen LogP) is 6.76. The third kappa shape index (κ3) is 9.49. The van der Waals surface area contributed by atoms with E-state index in [1.54, 1.807) is 29.3 Å². The summed E-state index contributed by atoms with van der Waals surface area (Å²) in [6.07, 6.45) is -2.45. The van der Waals surface area contributed by atoms with E-state index >= 15 is 0 Å². The number of aromatic nitrogens is 3. The molecule has 0 saturated heterocycles. The van der Waals surface area contributed by atoms with Crippen LogP contribution in [0.4, 0.5) is 17.6 Å². The van der Waals surface area contributed by atoms with E-state index in [1.807, 2.05) is 13.0 Å². The van der Waals surface area contributed by atoms with Crippen molar-refractivity contribution < 1.29 is 22.4 Å². The minimum atomic E-state index is -4.41. The van der Waals surface area contributed by atoms with Crippen molar-refractivity contribution in [2.24, 2.45) is 0 Å². The van der Waals surface area contributed by atoms with Crippen LogP contribution in [0.5, 0.6) is 0 Å².